The molecule has 19 heavy (non-hydrogen) atoms. The molecule has 1 heterocycles. The Morgan fingerprint density at radius 3 is 2.37 bits per heavy atom. The molecule has 1 fully saturated rings. The van der Waals surface area contributed by atoms with Crippen molar-refractivity contribution in [1.29, 1.82) is 0 Å². The third-order valence-corrected chi connectivity index (χ3v) is 3.30. The summed E-state index contributed by atoms with van der Waals surface area (Å²) < 4.78 is 5.50. The van der Waals surface area contributed by atoms with Crippen LogP contribution in [0.25, 0.3) is 0 Å². The van der Waals surface area contributed by atoms with Gasteiger partial charge in [0.1, 0.15) is 5.75 Å². The predicted molar refractivity (Wildman–Crippen MR) is 70.1 cm³/mol. The van der Waals surface area contributed by atoms with E-state index in [-0.39, 0.29) is 19.0 Å². The van der Waals surface area contributed by atoms with Crippen LogP contribution >= 0.6 is 11.6 Å². The van der Waals surface area contributed by atoms with Crippen LogP contribution < -0.4 is 4.74 Å². The molecular weight excluding hydrogens is 270 g/mol. The zero-order valence-corrected chi connectivity index (χ0v) is 11.2. The number of benzene rings is 1. The van der Waals surface area contributed by atoms with E-state index in [1.165, 1.54) is 4.90 Å². The quantitative estimate of drug-likeness (QED) is 0.856. The Labute approximate surface area is 116 Å². The number of aliphatic hydroxyl groups is 2. The second kappa shape index (κ2) is 5.77. The molecule has 0 radical (unpaired) electrons. The molecule has 0 spiro atoms. The van der Waals surface area contributed by atoms with Crippen LogP contribution in [0.15, 0.2) is 24.3 Å². The van der Waals surface area contributed by atoms with Crippen LogP contribution in [-0.2, 0) is 4.79 Å². The number of β-amino-alcohol motifs (C(OH)–C–C–N with tert-alkyl or cyclic N) is 2. The van der Waals surface area contributed by atoms with Crippen molar-refractivity contribution in [3.8, 4) is 5.75 Å². The Hall–Kier alpha value is -1.30. The Kier molecular flexibility index (Phi) is 4.29. The first-order valence-electron chi connectivity index (χ1n) is 6.04. The van der Waals surface area contributed by atoms with Crippen LogP contribution in [0.4, 0.5) is 0 Å². The predicted octanol–water partition coefficient (Wildman–Crippen LogP) is 0.671. The molecule has 1 aliphatic heterocycles. The lowest BCUT2D eigenvalue weighted by molar-refractivity contribution is -0.137. The number of carbonyl (C=O) groups is 1. The smallest absolute Gasteiger partial charge is 0.263 e. The van der Waals surface area contributed by atoms with E-state index in [1.54, 1.807) is 31.2 Å². The van der Waals surface area contributed by atoms with Crippen molar-refractivity contribution in [1.82, 2.24) is 4.90 Å². The van der Waals surface area contributed by atoms with E-state index in [0.29, 0.717) is 10.8 Å². The molecule has 1 amide bonds. The molecule has 3 unspecified atom stereocenters. The van der Waals surface area contributed by atoms with Crippen molar-refractivity contribution in [3.05, 3.63) is 29.3 Å². The molecule has 5 nitrogen and oxygen atoms in total. The van der Waals surface area contributed by atoms with E-state index >= 15 is 0 Å². The van der Waals surface area contributed by atoms with Gasteiger partial charge in [-0.3, -0.25) is 4.79 Å². The molecule has 0 bridgehead atoms. The van der Waals surface area contributed by atoms with Gasteiger partial charge in [-0.2, -0.15) is 0 Å². The van der Waals surface area contributed by atoms with Crippen LogP contribution in [0, 0.1) is 0 Å². The zero-order chi connectivity index (χ0) is 14.0. The highest BCUT2D eigenvalue weighted by Crippen LogP contribution is 2.18. The monoisotopic (exact) mass is 285 g/mol. The van der Waals surface area contributed by atoms with Gasteiger partial charge in [0.25, 0.3) is 5.91 Å². The van der Waals surface area contributed by atoms with Crippen LogP contribution in [0.5, 0.6) is 5.75 Å². The fourth-order valence-electron chi connectivity index (χ4n) is 1.97. The SMILES string of the molecule is CC(Oc1ccc(Cl)cc1)C(=O)N1CC(O)C(O)C1. The summed E-state index contributed by atoms with van der Waals surface area (Å²) in [5.74, 6) is 0.288. The highest BCUT2D eigenvalue weighted by atomic mass is 35.5. The number of carbonyl (C=O) groups excluding carboxylic acids is 1. The molecule has 0 aromatic heterocycles. The minimum atomic E-state index is -0.883. The van der Waals surface area contributed by atoms with Gasteiger partial charge in [-0.25, -0.2) is 0 Å². The summed E-state index contributed by atoms with van der Waals surface area (Å²) >= 11 is 5.76. The summed E-state index contributed by atoms with van der Waals surface area (Å²) in [6, 6.07) is 6.72. The Bertz CT molecular complexity index is 440. The van der Waals surface area contributed by atoms with E-state index in [4.69, 9.17) is 16.3 Å². The lowest BCUT2D eigenvalue weighted by Gasteiger charge is -2.21. The number of rotatable bonds is 3. The van der Waals surface area contributed by atoms with Gasteiger partial charge in [-0.05, 0) is 31.2 Å². The summed E-state index contributed by atoms with van der Waals surface area (Å²) in [4.78, 5) is 13.5. The summed E-state index contributed by atoms with van der Waals surface area (Å²) in [6.07, 6.45) is -2.45. The average molecular weight is 286 g/mol. The molecule has 104 valence electrons. The topological polar surface area (TPSA) is 70.0 Å². The molecular formula is C13H16ClNO4. The van der Waals surface area contributed by atoms with Gasteiger partial charge >= 0.3 is 0 Å². The van der Waals surface area contributed by atoms with Crippen molar-refractivity contribution in [2.75, 3.05) is 13.1 Å². The third-order valence-electron chi connectivity index (χ3n) is 3.04. The summed E-state index contributed by atoms with van der Waals surface area (Å²) in [5, 5.41) is 19.4. The number of ether oxygens (including phenoxy) is 1. The second-order valence-electron chi connectivity index (χ2n) is 4.59. The van der Waals surface area contributed by atoms with Crippen LogP contribution in [0.2, 0.25) is 5.02 Å². The summed E-state index contributed by atoms with van der Waals surface area (Å²) in [5.41, 5.74) is 0. The third kappa shape index (κ3) is 3.37. The molecule has 2 N–H and O–H groups in total. The zero-order valence-electron chi connectivity index (χ0n) is 10.5. The Balaban J connectivity index is 1.94. The van der Waals surface area contributed by atoms with E-state index in [2.05, 4.69) is 0 Å². The van der Waals surface area contributed by atoms with E-state index in [9.17, 15) is 15.0 Å². The highest BCUT2D eigenvalue weighted by molar-refractivity contribution is 6.30. The van der Waals surface area contributed by atoms with Crippen LogP contribution in [0.1, 0.15) is 6.92 Å². The van der Waals surface area contributed by atoms with E-state index in [0.717, 1.165) is 0 Å². The number of aliphatic hydroxyl groups excluding tert-OH is 2. The average Bonchev–Trinajstić information content (AvgIpc) is 2.71. The molecule has 1 aromatic rings. The van der Waals surface area contributed by atoms with Crippen molar-refractivity contribution in [2.45, 2.75) is 25.2 Å². The van der Waals surface area contributed by atoms with Gasteiger partial charge in [0.05, 0.1) is 12.2 Å². The first-order valence-corrected chi connectivity index (χ1v) is 6.42. The lowest BCUT2D eigenvalue weighted by Crippen LogP contribution is -2.39. The van der Waals surface area contributed by atoms with Crippen molar-refractivity contribution < 1.29 is 19.7 Å². The molecule has 2 rings (SSSR count). The molecule has 1 aromatic carbocycles. The fraction of sp³-hybridized carbons (Fsp3) is 0.462. The maximum atomic E-state index is 12.1. The number of halogens is 1. The molecule has 3 atom stereocenters. The minimum absolute atomic E-state index is 0.133. The maximum Gasteiger partial charge on any atom is 0.263 e. The first-order chi connectivity index (χ1) is 8.97. The van der Waals surface area contributed by atoms with Crippen LogP contribution in [-0.4, -0.2) is 52.4 Å². The molecule has 0 aliphatic carbocycles. The minimum Gasteiger partial charge on any atom is -0.481 e. The normalized spacial score (nSPS) is 24.3. The summed E-state index contributed by atoms with van der Waals surface area (Å²) in [7, 11) is 0. The van der Waals surface area contributed by atoms with Crippen molar-refractivity contribution >= 4 is 17.5 Å². The largest absolute Gasteiger partial charge is 0.481 e. The number of hydrogen-bond acceptors (Lipinski definition) is 4. The number of nitrogens with zero attached hydrogens (tertiary/aromatic N) is 1. The van der Waals surface area contributed by atoms with Gasteiger partial charge in [0.15, 0.2) is 6.10 Å². The van der Waals surface area contributed by atoms with E-state index in [1.807, 2.05) is 0 Å². The van der Waals surface area contributed by atoms with Gasteiger partial charge in [-0.15, -0.1) is 0 Å². The first kappa shape index (κ1) is 14.1. The van der Waals surface area contributed by atoms with Crippen molar-refractivity contribution in [3.63, 3.8) is 0 Å². The highest BCUT2D eigenvalue weighted by Gasteiger charge is 2.34. The van der Waals surface area contributed by atoms with Crippen molar-refractivity contribution in [2.24, 2.45) is 0 Å². The second-order valence-corrected chi connectivity index (χ2v) is 5.03. The van der Waals surface area contributed by atoms with Gasteiger partial charge in [0.2, 0.25) is 0 Å². The summed E-state index contributed by atoms with van der Waals surface area (Å²) in [6.45, 7) is 1.90. The van der Waals surface area contributed by atoms with Gasteiger partial charge in [-0.1, -0.05) is 11.6 Å². The fourth-order valence-corrected chi connectivity index (χ4v) is 2.10. The van der Waals surface area contributed by atoms with E-state index < -0.39 is 18.3 Å². The molecule has 1 saturated heterocycles. The molecule has 1 aliphatic rings. The lowest BCUT2D eigenvalue weighted by atomic mass is 10.3. The Morgan fingerprint density at radius 2 is 1.84 bits per heavy atom. The van der Waals surface area contributed by atoms with Gasteiger partial charge in [0, 0.05) is 18.1 Å². The van der Waals surface area contributed by atoms with Gasteiger partial charge < -0.3 is 19.8 Å². The number of likely N-dealkylation sites (tertiary alicyclic amines) is 1. The molecule has 6 heteroatoms. The standard InChI is InChI=1S/C13H16ClNO4/c1-8(19-10-4-2-9(14)3-5-10)13(18)15-6-11(16)12(17)7-15/h2-5,8,11-12,16-17H,6-7H2,1H3. The molecule has 0 saturated carbocycles. The Morgan fingerprint density at radius 1 is 1.32 bits per heavy atom. The maximum absolute atomic E-state index is 12.1. The number of amides is 1. The number of hydrogen-bond donors (Lipinski definition) is 2. The van der Waals surface area contributed by atoms with Crippen LogP contribution in [0.3, 0.4) is 0 Å².